The molecule has 0 saturated carbocycles. The summed E-state index contributed by atoms with van der Waals surface area (Å²) in [5, 5.41) is 103. The van der Waals surface area contributed by atoms with E-state index in [4.69, 9.17) is 61.6 Å². The standard InChI is InChI=1S/C84H116N6O29S2/c1-57(91)89-71-67(93)53-83(81(103)104,118-75(71)73(97)69(95)55-87-79(101)65-19-15-61(16-20-65)59-11-5-3-6-12-59)116-29-9-49-120-51-47-114-45-43-112-41-38-110-36-34-108-32-28-86-78(100)64-25-23-63(24-26-64)77(99)85-27-31-107-33-35-109-37-39-111-40-42-113-44-46-115-48-52-121-50-10-30-117-84(82(105)106)54-68(94)72(90-58(2)92)76(119-84)74(98)70(96)56-88-80(102)66-21-17-62(18-22-66)60-13-7-4-8-14-60/h3-8,11-26,67-76,93-98H,9-10,27-56H2,1-2H3,(H,85,99)(H,86,100)(H,87,101)(H,88,102)(H,89,91)(H,90,92)(H,103,104)(H,105,106)/t67-,68-,69+,70+,71+,72+,73+,74+,75+,76+,83+,84+/m0/s1. The number of thioether (sulfide) groups is 2. The smallest absolute Gasteiger partial charge is 0.364 e. The van der Waals surface area contributed by atoms with Crippen LogP contribution in [-0.2, 0) is 80.8 Å². The van der Waals surface area contributed by atoms with Gasteiger partial charge in [-0.15, -0.1) is 0 Å². The van der Waals surface area contributed by atoms with Gasteiger partial charge in [-0.05, 0) is 95.1 Å². The van der Waals surface area contributed by atoms with E-state index in [2.05, 4.69) is 31.9 Å². The molecule has 7 rings (SSSR count). The third kappa shape index (κ3) is 35.5. The molecular weight excluding hydrogens is 1620 g/mol. The van der Waals surface area contributed by atoms with Crippen LogP contribution in [0.4, 0.5) is 0 Å². The van der Waals surface area contributed by atoms with Crippen molar-refractivity contribution in [3.63, 3.8) is 0 Å². The molecule has 668 valence electrons. The van der Waals surface area contributed by atoms with E-state index >= 15 is 0 Å². The van der Waals surface area contributed by atoms with E-state index in [-0.39, 0.29) is 62.5 Å². The first-order valence-corrected chi connectivity index (χ1v) is 42.4. The number of nitrogens with one attached hydrogen (secondary N) is 6. The molecule has 14 N–H and O–H groups in total. The summed E-state index contributed by atoms with van der Waals surface area (Å²) in [6.07, 6.45) is -14.1. The van der Waals surface area contributed by atoms with Gasteiger partial charge < -0.3 is 134 Å². The van der Waals surface area contributed by atoms with Crippen molar-refractivity contribution in [2.24, 2.45) is 0 Å². The Hall–Kier alpha value is -8.20. The van der Waals surface area contributed by atoms with Crippen LogP contribution >= 0.6 is 23.5 Å². The van der Waals surface area contributed by atoms with E-state index in [9.17, 15) is 79.2 Å². The molecule has 0 spiro atoms. The fourth-order valence-corrected chi connectivity index (χ4v) is 14.0. The monoisotopic (exact) mass is 1740 g/mol. The fourth-order valence-electron chi connectivity index (χ4n) is 12.5. The van der Waals surface area contributed by atoms with Crippen molar-refractivity contribution in [3.8, 4) is 22.3 Å². The zero-order chi connectivity index (χ0) is 87.0. The lowest BCUT2D eigenvalue weighted by molar-refractivity contribution is -0.310. The number of carbonyl (C=O) groups is 8. The van der Waals surface area contributed by atoms with Crippen molar-refractivity contribution >= 4 is 70.9 Å². The van der Waals surface area contributed by atoms with Crippen LogP contribution in [0.2, 0.25) is 0 Å². The summed E-state index contributed by atoms with van der Waals surface area (Å²) >= 11 is 3.08. The highest BCUT2D eigenvalue weighted by Gasteiger charge is 2.57. The van der Waals surface area contributed by atoms with E-state index < -0.39 is 134 Å². The van der Waals surface area contributed by atoms with Gasteiger partial charge >= 0.3 is 11.9 Å². The predicted octanol–water partition coefficient (Wildman–Crippen LogP) is 2.08. The topological polar surface area (TPSA) is 491 Å². The van der Waals surface area contributed by atoms with E-state index in [1.54, 1.807) is 84.6 Å². The molecule has 0 aromatic heterocycles. The number of carboxylic acid groups (broad SMARTS) is 2. The van der Waals surface area contributed by atoms with Gasteiger partial charge in [0, 0.05) is 86.6 Å². The second kappa shape index (κ2) is 55.8. The summed E-state index contributed by atoms with van der Waals surface area (Å²) in [4.78, 5) is 101. The van der Waals surface area contributed by atoms with Crippen LogP contribution in [0, 0.1) is 0 Å². The SMILES string of the molecule is CC(=O)N[C@H]1[C@H]([C@H](O)[C@H](O)CNC(=O)c2ccc(-c3ccccc3)cc2)O[C@@](OCCCSCCOCCOCCOCCOCCNC(=O)c2ccc(C(=O)NCCOCCOCCOCCOCCOCCSCCCO[C@]3(C(=O)O)C[C@H](O)[C@@H](NC(C)=O)[C@H]([C@H](O)[C@H](O)CNC(=O)c4ccc(-c5ccccc5)cc4)O3)cc2)(C(=O)O)C[C@@H]1O. The van der Waals surface area contributed by atoms with Crippen molar-refractivity contribution in [1.82, 2.24) is 31.9 Å². The van der Waals surface area contributed by atoms with Gasteiger partial charge in [0.25, 0.3) is 35.2 Å². The summed E-state index contributed by atoms with van der Waals surface area (Å²) in [7, 11) is 0. The molecular formula is C84H116N6O29S2. The van der Waals surface area contributed by atoms with Gasteiger partial charge in [0.05, 0.1) is 169 Å². The number of hydrogen-bond acceptors (Lipinski definition) is 29. The Morgan fingerprint density at radius 2 is 0.645 bits per heavy atom. The summed E-state index contributed by atoms with van der Waals surface area (Å²) in [5.41, 5.74) is 5.02. The fraction of sp³-hybridized carbons (Fsp3) is 0.548. The van der Waals surface area contributed by atoms with Gasteiger partial charge in [0.1, 0.15) is 24.4 Å². The maximum atomic E-state index is 13.0. The highest BCUT2D eigenvalue weighted by Crippen LogP contribution is 2.36. The second-order valence-corrected chi connectivity index (χ2v) is 30.4. The first-order chi connectivity index (χ1) is 58.5. The number of aliphatic hydroxyl groups is 6. The average Bonchev–Trinajstić information content (AvgIpc) is 0.772. The minimum atomic E-state index is -2.43. The Balaban J connectivity index is 0.600. The average molecular weight is 1740 g/mol. The molecule has 121 heavy (non-hydrogen) atoms. The van der Waals surface area contributed by atoms with Crippen LogP contribution < -0.4 is 31.9 Å². The molecule has 0 bridgehead atoms. The predicted molar refractivity (Wildman–Crippen MR) is 444 cm³/mol. The molecule has 37 heteroatoms. The molecule has 2 heterocycles. The van der Waals surface area contributed by atoms with Crippen LogP contribution in [0.15, 0.2) is 133 Å². The third-order valence-corrected chi connectivity index (χ3v) is 20.9. The van der Waals surface area contributed by atoms with Gasteiger partial charge in [-0.3, -0.25) is 28.8 Å². The molecule has 5 aromatic carbocycles. The molecule has 6 amide bonds. The Morgan fingerprint density at radius 3 is 0.942 bits per heavy atom. The minimum absolute atomic E-state index is 0.103. The lowest BCUT2D eigenvalue weighted by Gasteiger charge is -2.46. The number of amides is 6. The number of hydrogen-bond donors (Lipinski definition) is 14. The lowest BCUT2D eigenvalue weighted by atomic mass is 9.88. The Labute approximate surface area is 711 Å². The third-order valence-electron chi connectivity index (χ3n) is 18.8. The van der Waals surface area contributed by atoms with Crippen molar-refractivity contribution in [2.75, 3.05) is 181 Å². The van der Waals surface area contributed by atoms with Gasteiger partial charge in [-0.25, -0.2) is 9.59 Å². The highest BCUT2D eigenvalue weighted by atomic mass is 32.2. The quantitative estimate of drug-likeness (QED) is 0.0248. The Kier molecular flexibility index (Phi) is 46.1. The van der Waals surface area contributed by atoms with Crippen LogP contribution in [0.25, 0.3) is 22.3 Å². The zero-order valence-electron chi connectivity index (χ0n) is 68.1. The number of rotatable bonds is 61. The van der Waals surface area contributed by atoms with Crippen LogP contribution in [-0.4, -0.2) is 342 Å². The molecule has 2 aliphatic rings. The number of carbonyl (C=O) groups excluding carboxylic acids is 6. The molecule has 2 fully saturated rings. The largest absolute Gasteiger partial charge is 0.477 e. The van der Waals surface area contributed by atoms with Gasteiger partial charge in [0.2, 0.25) is 11.8 Å². The Bertz CT molecular complexity index is 3860. The molecule has 35 nitrogen and oxygen atoms in total. The molecule has 0 radical (unpaired) electrons. The lowest BCUT2D eigenvalue weighted by Crippen LogP contribution is -2.68. The van der Waals surface area contributed by atoms with Crippen molar-refractivity contribution in [3.05, 3.63) is 156 Å². The summed E-state index contributed by atoms with van der Waals surface area (Å²) in [5.74, 6) is -8.60. The zero-order valence-corrected chi connectivity index (χ0v) is 69.7. The summed E-state index contributed by atoms with van der Waals surface area (Å²) < 4.78 is 73.4. The molecule has 2 aliphatic heterocycles. The molecule has 2 saturated heterocycles. The number of carboxylic acids is 2. The number of aliphatic carboxylic acids is 2. The van der Waals surface area contributed by atoms with E-state index in [1.807, 2.05) is 60.7 Å². The van der Waals surface area contributed by atoms with Crippen molar-refractivity contribution < 1.29 is 141 Å². The minimum Gasteiger partial charge on any atom is -0.477 e. The van der Waals surface area contributed by atoms with Gasteiger partial charge in [-0.2, -0.15) is 23.5 Å². The van der Waals surface area contributed by atoms with Crippen molar-refractivity contribution in [2.45, 2.75) is 112 Å². The number of benzene rings is 5. The second-order valence-electron chi connectivity index (χ2n) is 27.9. The van der Waals surface area contributed by atoms with Crippen LogP contribution in [0.3, 0.4) is 0 Å². The van der Waals surface area contributed by atoms with E-state index in [1.165, 1.54) is 25.6 Å². The first kappa shape index (κ1) is 99.9. The normalized spacial score (nSPS) is 20.0. The van der Waals surface area contributed by atoms with Crippen LogP contribution in [0.5, 0.6) is 0 Å². The molecule has 0 unspecified atom stereocenters. The maximum absolute atomic E-state index is 13.0. The van der Waals surface area contributed by atoms with E-state index in [0.717, 1.165) is 22.3 Å². The van der Waals surface area contributed by atoms with Gasteiger partial charge in [0.15, 0.2) is 0 Å². The molecule has 12 atom stereocenters. The molecule has 5 aromatic rings. The summed E-state index contributed by atoms with van der Waals surface area (Å²) in [6, 6.07) is 36.2. The summed E-state index contributed by atoms with van der Waals surface area (Å²) in [6.45, 7) is 7.82. The van der Waals surface area contributed by atoms with Crippen molar-refractivity contribution in [1.29, 1.82) is 0 Å². The number of ether oxygens (including phenoxy) is 13. The highest BCUT2D eigenvalue weighted by molar-refractivity contribution is 7.99. The van der Waals surface area contributed by atoms with Gasteiger partial charge in [-0.1, -0.05) is 84.9 Å². The first-order valence-electron chi connectivity index (χ1n) is 40.1. The van der Waals surface area contributed by atoms with E-state index in [0.29, 0.717) is 153 Å². The van der Waals surface area contributed by atoms with Crippen LogP contribution in [0.1, 0.15) is 81.0 Å². The number of aliphatic hydroxyl groups excluding tert-OH is 6. The maximum Gasteiger partial charge on any atom is 0.364 e. The Morgan fingerprint density at radius 1 is 0.372 bits per heavy atom. The molecule has 0 aliphatic carbocycles.